The van der Waals surface area contributed by atoms with Gasteiger partial charge < -0.3 is 9.80 Å². The maximum Gasteiger partial charge on any atom is 0.329 e. The van der Waals surface area contributed by atoms with Crippen LogP contribution in [-0.4, -0.2) is 109 Å². The molecule has 3 fully saturated rings. The van der Waals surface area contributed by atoms with E-state index in [2.05, 4.69) is 107 Å². The summed E-state index contributed by atoms with van der Waals surface area (Å²) in [5.74, 6) is 0.340. The number of amides is 3. The maximum absolute atomic E-state index is 14.1. The van der Waals surface area contributed by atoms with E-state index < -0.39 is 11.9 Å². The van der Waals surface area contributed by atoms with E-state index in [-0.39, 0.29) is 23.9 Å². The van der Waals surface area contributed by atoms with Crippen molar-refractivity contribution >= 4 is 45.7 Å². The number of piperidine rings is 3. The average Bonchev–Trinajstić information content (AvgIpc) is 3.93. The number of fused-ring (bicyclic) bond motifs is 2. The van der Waals surface area contributed by atoms with Gasteiger partial charge in [-0.15, -0.1) is 0 Å². The molecule has 3 aromatic carbocycles. The SMILES string of the molecule is CCCN(CCn1c(=O)n(C2CCC(=O)NC2=O)c2cccc(CC)c21)CC1CCN(C(=O)c2ccc(C3CCN(C/C(C)=C/c4c(-c5ccc6[nH]ncc6c5)ccnc4C)CC3)cc2)CC1. The number of likely N-dealkylation sites (tertiary alicyclic amines) is 2. The molecule has 0 aliphatic carbocycles. The quantitative estimate of drug-likeness (QED) is 0.0985. The van der Waals surface area contributed by atoms with E-state index in [1.807, 2.05) is 46.1 Å². The van der Waals surface area contributed by atoms with Crippen LogP contribution in [0.15, 0.2) is 89.5 Å². The van der Waals surface area contributed by atoms with E-state index in [1.54, 1.807) is 4.57 Å². The third kappa shape index (κ3) is 9.94. The van der Waals surface area contributed by atoms with Gasteiger partial charge in [-0.25, -0.2) is 4.79 Å². The normalized spacial score (nSPS) is 18.1. The number of nitrogens with one attached hydrogen (secondary N) is 2. The molecule has 3 aromatic heterocycles. The van der Waals surface area contributed by atoms with E-state index in [0.29, 0.717) is 31.3 Å². The number of nitrogens with zero attached hydrogens (tertiary/aromatic N) is 7. The Morgan fingerprint density at radius 1 is 0.910 bits per heavy atom. The first kappa shape index (κ1) is 46.0. The Labute approximate surface area is 393 Å². The van der Waals surface area contributed by atoms with Crippen molar-refractivity contribution < 1.29 is 14.4 Å². The largest absolute Gasteiger partial charge is 0.339 e. The van der Waals surface area contributed by atoms with Crippen molar-refractivity contribution in [3.63, 3.8) is 0 Å². The van der Waals surface area contributed by atoms with Gasteiger partial charge in [0.05, 0.1) is 22.7 Å². The van der Waals surface area contributed by atoms with Crippen molar-refractivity contribution in [1.29, 1.82) is 0 Å². The number of rotatable bonds is 15. The van der Waals surface area contributed by atoms with Crippen molar-refractivity contribution in [3.05, 3.63) is 123 Å². The maximum atomic E-state index is 14.1. The third-order valence-electron chi connectivity index (χ3n) is 14.6. The molecular weight excluding hydrogens is 839 g/mol. The van der Waals surface area contributed by atoms with E-state index in [9.17, 15) is 19.2 Å². The van der Waals surface area contributed by atoms with Crippen LogP contribution in [-0.2, 0) is 22.6 Å². The number of aryl methyl sites for hydroxylation is 2. The fraction of sp³-hybridized carbons (Fsp3) is 0.444. The Balaban J connectivity index is 0.763. The minimum atomic E-state index is -0.708. The van der Waals surface area contributed by atoms with Crippen molar-refractivity contribution in [2.24, 2.45) is 5.92 Å². The van der Waals surface area contributed by atoms with Crippen LogP contribution in [0.5, 0.6) is 0 Å². The molecule has 6 heterocycles. The highest BCUT2D eigenvalue weighted by Crippen LogP contribution is 2.32. The second kappa shape index (κ2) is 20.4. The topological polar surface area (TPSA) is 141 Å². The zero-order valence-electron chi connectivity index (χ0n) is 39.6. The number of hydrogen-bond donors (Lipinski definition) is 2. The number of carbonyl (C=O) groups is 3. The Morgan fingerprint density at radius 3 is 2.45 bits per heavy atom. The second-order valence-corrected chi connectivity index (χ2v) is 19.1. The van der Waals surface area contributed by atoms with Crippen LogP contribution in [0.1, 0.15) is 110 Å². The van der Waals surface area contributed by atoms with E-state index in [4.69, 9.17) is 0 Å². The van der Waals surface area contributed by atoms with Crippen LogP contribution in [0, 0.1) is 12.8 Å². The van der Waals surface area contributed by atoms with Crippen molar-refractivity contribution in [3.8, 4) is 11.1 Å². The van der Waals surface area contributed by atoms with Gasteiger partial charge in [-0.1, -0.05) is 55.8 Å². The molecule has 2 N–H and O–H groups in total. The van der Waals surface area contributed by atoms with Gasteiger partial charge >= 0.3 is 5.69 Å². The summed E-state index contributed by atoms with van der Waals surface area (Å²) >= 11 is 0. The highest BCUT2D eigenvalue weighted by Gasteiger charge is 2.33. The smallest absolute Gasteiger partial charge is 0.329 e. The number of benzene rings is 3. The highest BCUT2D eigenvalue weighted by molar-refractivity contribution is 6.00. The summed E-state index contributed by atoms with van der Waals surface area (Å²) in [5, 5.41) is 10.8. The highest BCUT2D eigenvalue weighted by atomic mass is 16.2. The summed E-state index contributed by atoms with van der Waals surface area (Å²) in [5.41, 5.74) is 11.5. The van der Waals surface area contributed by atoms with Crippen molar-refractivity contribution in [2.75, 3.05) is 52.4 Å². The lowest BCUT2D eigenvalue weighted by Crippen LogP contribution is -2.45. The van der Waals surface area contributed by atoms with Gasteiger partial charge in [0.15, 0.2) is 0 Å². The van der Waals surface area contributed by atoms with E-state index in [0.717, 1.165) is 129 Å². The number of para-hydroxylation sites is 1. The molecule has 0 radical (unpaired) electrons. The van der Waals surface area contributed by atoms with E-state index >= 15 is 0 Å². The molecule has 1 atom stereocenters. The van der Waals surface area contributed by atoms with Crippen LogP contribution in [0.25, 0.3) is 39.1 Å². The van der Waals surface area contributed by atoms with E-state index in [1.165, 1.54) is 22.3 Å². The molecule has 0 bridgehead atoms. The standard InChI is InChI=1S/C54H65N9O4/c1-5-24-59(29-30-62-51-39(6-2)8-7-9-48(51)63(54(62)67)49-16-17-50(64)57-52(49)65)35-38-19-27-61(28-20-38)53(66)42-12-10-40(11-13-42)41-21-25-60(26-22-41)34-36(3)31-46-37(4)55-23-18-45(46)43-14-15-47-44(32-43)33-56-58-47/h7-15,18,23,31-33,38,41,49H,5-6,16-17,19-22,24-30,34-35H2,1-4H3,(H,56,58)(H,57,64,65)/b36-31+. The summed E-state index contributed by atoms with van der Waals surface area (Å²) in [7, 11) is 0. The second-order valence-electron chi connectivity index (χ2n) is 19.1. The molecule has 3 amide bonds. The van der Waals surface area contributed by atoms with Crippen LogP contribution in [0.2, 0.25) is 0 Å². The number of carbonyl (C=O) groups excluding carboxylic acids is 3. The Kier molecular flexibility index (Phi) is 14.0. The summed E-state index contributed by atoms with van der Waals surface area (Å²) in [6, 6.07) is 22.2. The van der Waals surface area contributed by atoms with Crippen molar-refractivity contribution in [1.82, 2.24) is 44.3 Å². The van der Waals surface area contributed by atoms with Gasteiger partial charge in [-0.2, -0.15) is 5.10 Å². The number of H-pyrrole nitrogens is 1. The zero-order chi connectivity index (χ0) is 46.6. The number of pyridine rings is 1. The lowest BCUT2D eigenvalue weighted by atomic mass is 9.88. The van der Waals surface area contributed by atoms with Gasteiger partial charge in [0, 0.05) is 74.1 Å². The minimum Gasteiger partial charge on any atom is -0.339 e. The Hall–Kier alpha value is -6.18. The fourth-order valence-electron chi connectivity index (χ4n) is 10.9. The molecule has 0 spiro atoms. The van der Waals surface area contributed by atoms with Gasteiger partial charge in [-0.05, 0) is 149 Å². The molecule has 3 aliphatic heterocycles. The van der Waals surface area contributed by atoms with Gasteiger partial charge in [0.25, 0.3) is 5.91 Å². The summed E-state index contributed by atoms with van der Waals surface area (Å²) < 4.78 is 3.46. The molecule has 1 unspecified atom stereocenters. The van der Waals surface area contributed by atoms with Crippen LogP contribution in [0.3, 0.4) is 0 Å². The third-order valence-corrected chi connectivity index (χ3v) is 14.6. The number of imidazole rings is 1. The van der Waals surface area contributed by atoms with Crippen LogP contribution >= 0.6 is 0 Å². The predicted octanol–water partition coefficient (Wildman–Crippen LogP) is 8.14. The van der Waals surface area contributed by atoms with Gasteiger partial charge in [0.1, 0.15) is 6.04 Å². The first-order valence-corrected chi connectivity index (χ1v) is 24.5. The minimum absolute atomic E-state index is 0.111. The first-order valence-electron chi connectivity index (χ1n) is 24.5. The zero-order valence-corrected chi connectivity index (χ0v) is 39.6. The molecular formula is C54H65N9O4. The Bertz CT molecular complexity index is 2840. The molecule has 3 saturated heterocycles. The molecule has 3 aliphatic rings. The summed E-state index contributed by atoms with van der Waals surface area (Å²) in [6.07, 6.45) is 12.4. The fourth-order valence-corrected chi connectivity index (χ4v) is 10.9. The molecule has 9 rings (SSSR count). The predicted molar refractivity (Wildman–Crippen MR) is 265 cm³/mol. The summed E-state index contributed by atoms with van der Waals surface area (Å²) in [4.78, 5) is 64.5. The number of aromatic amines is 1. The van der Waals surface area contributed by atoms with Crippen molar-refractivity contribution in [2.45, 2.75) is 97.6 Å². The first-order chi connectivity index (χ1) is 32.6. The molecule has 0 saturated carbocycles. The summed E-state index contributed by atoms with van der Waals surface area (Å²) in [6.45, 7) is 16.1. The molecule has 13 heteroatoms. The van der Waals surface area contributed by atoms with Gasteiger partial charge in [0.2, 0.25) is 11.8 Å². The molecule has 350 valence electrons. The molecule has 13 nitrogen and oxygen atoms in total. The average molecular weight is 904 g/mol. The number of hydrogen-bond acceptors (Lipinski definition) is 8. The Morgan fingerprint density at radius 2 is 1.70 bits per heavy atom. The lowest BCUT2D eigenvalue weighted by molar-refractivity contribution is -0.135. The number of imide groups is 1. The van der Waals surface area contributed by atoms with Crippen LogP contribution < -0.4 is 11.0 Å². The lowest BCUT2D eigenvalue weighted by Gasteiger charge is -2.35. The monoisotopic (exact) mass is 904 g/mol. The number of aromatic nitrogens is 5. The molecule has 6 aromatic rings. The molecule has 67 heavy (non-hydrogen) atoms. The van der Waals surface area contributed by atoms with Crippen LogP contribution in [0.4, 0.5) is 0 Å². The van der Waals surface area contributed by atoms with Gasteiger partial charge in [-0.3, -0.25) is 43.8 Å².